The minimum absolute atomic E-state index is 0.0139. The van der Waals surface area contributed by atoms with Crippen molar-refractivity contribution in [2.24, 2.45) is 0 Å². The second-order valence-corrected chi connectivity index (χ2v) is 10.6. The van der Waals surface area contributed by atoms with E-state index in [4.69, 9.17) is 4.74 Å². The molecule has 0 saturated heterocycles. The van der Waals surface area contributed by atoms with E-state index in [2.05, 4.69) is 17.0 Å². The van der Waals surface area contributed by atoms with E-state index in [1.807, 2.05) is 37.2 Å². The van der Waals surface area contributed by atoms with Crippen molar-refractivity contribution in [3.8, 4) is 5.75 Å². The van der Waals surface area contributed by atoms with Crippen LogP contribution in [0.5, 0.6) is 5.75 Å². The fourth-order valence-electron chi connectivity index (χ4n) is 4.93. The third-order valence-electron chi connectivity index (χ3n) is 7.12. The van der Waals surface area contributed by atoms with Crippen LogP contribution in [0.2, 0.25) is 0 Å². The second-order valence-electron chi connectivity index (χ2n) is 10.6. The van der Waals surface area contributed by atoms with Crippen LogP contribution in [0, 0.1) is 11.6 Å². The molecule has 1 aliphatic rings. The van der Waals surface area contributed by atoms with Gasteiger partial charge in [-0.2, -0.15) is 0 Å². The Morgan fingerprint density at radius 1 is 0.902 bits per heavy atom. The lowest BCUT2D eigenvalue weighted by Gasteiger charge is -2.28. The number of carbonyl (C=O) groups excluding carboxylic acids is 2. The zero-order valence-corrected chi connectivity index (χ0v) is 24.0. The molecule has 3 aromatic carbocycles. The molecule has 0 bridgehead atoms. The van der Waals surface area contributed by atoms with Gasteiger partial charge in [-0.3, -0.25) is 14.5 Å². The molecule has 0 saturated carbocycles. The Labute approximate surface area is 240 Å². The summed E-state index contributed by atoms with van der Waals surface area (Å²) < 4.78 is 34.8. The highest BCUT2D eigenvalue weighted by Crippen LogP contribution is 2.28. The topological polar surface area (TPSA) is 56.3 Å². The van der Waals surface area contributed by atoms with Crippen molar-refractivity contribution in [2.75, 3.05) is 58.3 Å². The van der Waals surface area contributed by atoms with Gasteiger partial charge in [0.2, 0.25) is 5.91 Å². The molecule has 0 radical (unpaired) electrons. The van der Waals surface area contributed by atoms with Crippen LogP contribution >= 0.6 is 0 Å². The number of anilines is 1. The zero-order chi connectivity index (χ0) is 29.4. The summed E-state index contributed by atoms with van der Waals surface area (Å²) in [5, 5.41) is 0. The van der Waals surface area contributed by atoms with Gasteiger partial charge in [0, 0.05) is 64.4 Å². The van der Waals surface area contributed by atoms with Crippen molar-refractivity contribution in [3.05, 3.63) is 95.1 Å². The highest BCUT2D eigenvalue weighted by molar-refractivity contribution is 5.95. The number of fused-ring (bicyclic) bond motifs is 1. The van der Waals surface area contributed by atoms with Crippen LogP contribution in [0.25, 0.3) is 0 Å². The largest absolute Gasteiger partial charge is 0.492 e. The molecule has 218 valence electrons. The van der Waals surface area contributed by atoms with E-state index in [9.17, 15) is 18.4 Å². The minimum atomic E-state index is -1.03. The molecule has 0 fully saturated rings. The maximum absolute atomic E-state index is 14.5. The number of nitrogens with zero attached hydrogens (tertiary/aromatic N) is 4. The molecule has 0 N–H and O–H groups in total. The molecule has 0 spiro atoms. The van der Waals surface area contributed by atoms with Crippen LogP contribution in [0.15, 0.2) is 66.7 Å². The molecule has 7 nitrogen and oxygen atoms in total. The molecule has 3 aromatic rings. The maximum atomic E-state index is 14.5. The van der Waals surface area contributed by atoms with Gasteiger partial charge in [-0.15, -0.1) is 0 Å². The Morgan fingerprint density at radius 3 is 2.39 bits per heavy atom. The Morgan fingerprint density at radius 2 is 1.66 bits per heavy atom. The fraction of sp³-hybridized carbons (Fsp3) is 0.375. The summed E-state index contributed by atoms with van der Waals surface area (Å²) in [6.07, 6.45) is 0.630. The first-order chi connectivity index (χ1) is 19.7. The molecule has 4 rings (SSSR count). The van der Waals surface area contributed by atoms with Crippen LogP contribution in [-0.4, -0.2) is 79.9 Å². The van der Waals surface area contributed by atoms with Crippen LogP contribution in [-0.2, 0) is 17.9 Å². The van der Waals surface area contributed by atoms with Crippen LogP contribution < -0.4 is 9.64 Å². The van der Waals surface area contributed by atoms with Gasteiger partial charge in [0.1, 0.15) is 12.4 Å². The van der Waals surface area contributed by atoms with Crippen molar-refractivity contribution in [1.29, 1.82) is 0 Å². The molecule has 41 heavy (non-hydrogen) atoms. The van der Waals surface area contributed by atoms with Gasteiger partial charge in [0.25, 0.3) is 5.91 Å². The zero-order valence-electron chi connectivity index (χ0n) is 24.0. The van der Waals surface area contributed by atoms with Gasteiger partial charge in [-0.1, -0.05) is 36.4 Å². The highest BCUT2D eigenvalue weighted by Gasteiger charge is 2.25. The number of hydrogen-bond acceptors (Lipinski definition) is 5. The minimum Gasteiger partial charge on any atom is -0.492 e. The molecular formula is C32H38F2N4O3. The number of likely N-dealkylation sites (N-methyl/N-ethyl adjacent to an activating group) is 1. The van der Waals surface area contributed by atoms with E-state index in [1.54, 1.807) is 29.2 Å². The molecule has 0 aromatic heterocycles. The third-order valence-corrected chi connectivity index (χ3v) is 7.12. The number of rotatable bonds is 7. The molecule has 0 aliphatic carbocycles. The van der Waals surface area contributed by atoms with Gasteiger partial charge in [0.05, 0.1) is 5.69 Å². The van der Waals surface area contributed by atoms with Crippen molar-refractivity contribution < 1.29 is 23.1 Å². The van der Waals surface area contributed by atoms with E-state index >= 15 is 0 Å². The van der Waals surface area contributed by atoms with E-state index in [0.717, 1.165) is 24.2 Å². The molecule has 9 heteroatoms. The second kappa shape index (κ2) is 14.2. The highest BCUT2D eigenvalue weighted by atomic mass is 19.2. The van der Waals surface area contributed by atoms with Crippen molar-refractivity contribution in [2.45, 2.75) is 26.4 Å². The predicted molar refractivity (Wildman–Crippen MR) is 156 cm³/mol. The van der Waals surface area contributed by atoms with Crippen LogP contribution in [0.4, 0.5) is 14.5 Å². The SMILES string of the molecule is CC(=O)N1CCCN(Cc2ccccc2)CCN(C(=O)c2cccc(OCCN(C)C)c2)Cc2cc(F)c(F)cc21. The van der Waals surface area contributed by atoms with E-state index in [-0.39, 0.29) is 24.0 Å². The van der Waals surface area contributed by atoms with E-state index in [1.165, 1.54) is 11.8 Å². The summed E-state index contributed by atoms with van der Waals surface area (Å²) >= 11 is 0. The average molecular weight is 565 g/mol. The molecule has 0 atom stereocenters. The lowest BCUT2D eigenvalue weighted by molar-refractivity contribution is -0.116. The van der Waals surface area contributed by atoms with Crippen molar-refractivity contribution in [3.63, 3.8) is 0 Å². The Kier molecular flexibility index (Phi) is 10.4. The van der Waals surface area contributed by atoms with Gasteiger partial charge < -0.3 is 19.4 Å². The molecule has 1 aliphatic heterocycles. The third kappa shape index (κ3) is 8.34. The maximum Gasteiger partial charge on any atom is 0.254 e. The predicted octanol–water partition coefficient (Wildman–Crippen LogP) is 4.81. The lowest BCUT2D eigenvalue weighted by atomic mass is 10.1. The van der Waals surface area contributed by atoms with Gasteiger partial charge in [-0.05, 0) is 55.9 Å². The summed E-state index contributed by atoms with van der Waals surface area (Å²) in [5.74, 6) is -2.00. The number of ether oxygens (including phenoxy) is 1. The average Bonchev–Trinajstić information content (AvgIpc) is 2.97. The molecule has 1 heterocycles. The molecule has 2 amide bonds. The summed E-state index contributed by atoms with van der Waals surface area (Å²) in [7, 11) is 3.91. The summed E-state index contributed by atoms with van der Waals surface area (Å²) in [6, 6.07) is 19.2. The molecule has 0 unspecified atom stereocenters. The monoisotopic (exact) mass is 564 g/mol. The standard InChI is InChI=1S/C32H38F2N4O3/c1-24(39)38-14-8-13-36(22-25-9-5-4-6-10-25)15-16-37(23-27-20-29(33)30(34)21-31(27)38)32(40)26-11-7-12-28(19-26)41-18-17-35(2)3/h4-7,9-12,19-21H,8,13-18,22-23H2,1-3H3. The number of carbonyl (C=O) groups is 2. The fourth-order valence-corrected chi connectivity index (χ4v) is 4.93. The lowest BCUT2D eigenvalue weighted by Crippen LogP contribution is -2.38. The quantitative estimate of drug-likeness (QED) is 0.413. The number of hydrogen-bond donors (Lipinski definition) is 0. The normalized spacial score (nSPS) is 14.9. The number of amides is 2. The summed E-state index contributed by atoms with van der Waals surface area (Å²) in [5.41, 5.74) is 2.23. The Hall–Kier alpha value is -3.82. The number of halogens is 2. The van der Waals surface area contributed by atoms with Crippen LogP contribution in [0.3, 0.4) is 0 Å². The first kappa shape index (κ1) is 30.1. The van der Waals surface area contributed by atoms with Gasteiger partial charge in [-0.25, -0.2) is 8.78 Å². The smallest absolute Gasteiger partial charge is 0.254 e. The Bertz CT molecular complexity index is 1340. The number of benzene rings is 3. The van der Waals surface area contributed by atoms with E-state index < -0.39 is 11.6 Å². The van der Waals surface area contributed by atoms with Crippen LogP contribution in [0.1, 0.15) is 34.8 Å². The van der Waals surface area contributed by atoms with Crippen molar-refractivity contribution in [1.82, 2.24) is 14.7 Å². The summed E-state index contributed by atoms with van der Waals surface area (Å²) in [4.78, 5) is 34.0. The Balaban J connectivity index is 1.67. The summed E-state index contributed by atoms with van der Waals surface area (Å²) in [6.45, 7) is 5.24. The van der Waals surface area contributed by atoms with Gasteiger partial charge >= 0.3 is 0 Å². The molecular weight excluding hydrogens is 526 g/mol. The first-order valence-electron chi connectivity index (χ1n) is 13.9. The van der Waals surface area contributed by atoms with Crippen molar-refractivity contribution >= 4 is 17.5 Å². The first-order valence-corrected chi connectivity index (χ1v) is 13.9. The van der Waals surface area contributed by atoms with E-state index in [0.29, 0.717) is 62.6 Å². The van der Waals surface area contributed by atoms with Gasteiger partial charge in [0.15, 0.2) is 11.6 Å².